The maximum absolute atomic E-state index is 11.8. The van der Waals surface area contributed by atoms with E-state index in [1.165, 1.54) is 33.8 Å². The molecule has 1 aliphatic rings. The zero-order valence-electron chi connectivity index (χ0n) is 17.5. The Kier molecular flexibility index (Phi) is 6.34. The van der Waals surface area contributed by atoms with Crippen molar-refractivity contribution < 1.29 is 9.53 Å². The highest BCUT2D eigenvalue weighted by Crippen LogP contribution is 2.43. The molecule has 0 N–H and O–H groups in total. The van der Waals surface area contributed by atoms with E-state index in [1.54, 1.807) is 0 Å². The highest BCUT2D eigenvalue weighted by atomic mass is 32.2. The van der Waals surface area contributed by atoms with E-state index in [0.717, 1.165) is 11.5 Å². The highest BCUT2D eigenvalue weighted by molar-refractivity contribution is 7.99. The first-order valence-corrected chi connectivity index (χ1v) is 11.0. The molecule has 1 aliphatic heterocycles. The summed E-state index contributed by atoms with van der Waals surface area (Å²) in [7, 11) is 0. The quantitative estimate of drug-likeness (QED) is 0.420. The summed E-state index contributed by atoms with van der Waals surface area (Å²) in [5.74, 6) is 1.65. The first-order valence-electron chi connectivity index (χ1n) is 10.0. The fraction of sp³-hybridized carbons (Fsp3) is 0.400. The lowest BCUT2D eigenvalue weighted by atomic mass is 9.77. The zero-order valence-corrected chi connectivity index (χ0v) is 18.4. The van der Waals surface area contributed by atoms with E-state index in [2.05, 4.69) is 52.0 Å². The first-order chi connectivity index (χ1) is 13.3. The maximum Gasteiger partial charge on any atom is 0.338 e. The lowest BCUT2D eigenvalue weighted by molar-refractivity contribution is 0.0526. The molecule has 0 bridgehead atoms. The first kappa shape index (κ1) is 20.7. The van der Waals surface area contributed by atoms with Gasteiger partial charge >= 0.3 is 5.97 Å². The Morgan fingerprint density at radius 3 is 2.54 bits per heavy atom. The third kappa shape index (κ3) is 4.70. The third-order valence-corrected chi connectivity index (χ3v) is 6.75. The second-order valence-corrected chi connectivity index (χ2v) is 9.45. The molecule has 1 unspecified atom stereocenters. The Bertz CT molecular complexity index is 878. The van der Waals surface area contributed by atoms with Crippen LogP contribution in [0.3, 0.4) is 0 Å². The minimum atomic E-state index is -0.269. The molecule has 2 nitrogen and oxygen atoms in total. The van der Waals surface area contributed by atoms with E-state index in [0.29, 0.717) is 12.2 Å². The average molecular weight is 395 g/mol. The number of hydrogen-bond acceptors (Lipinski definition) is 3. The molecule has 0 amide bonds. The molecule has 3 rings (SSSR count). The van der Waals surface area contributed by atoms with Crippen molar-refractivity contribution in [2.75, 3.05) is 12.4 Å². The van der Waals surface area contributed by atoms with Crippen molar-refractivity contribution in [2.45, 2.75) is 51.3 Å². The molecular formula is C25H30O2S. The SMILES string of the molecule is CCOC(=O)c1ccc(C=C(C)c2ccc3c(c2)C(C)(C)CC(C)CS3)cc1. The fourth-order valence-electron chi connectivity index (χ4n) is 3.97. The fourth-order valence-corrected chi connectivity index (χ4v) is 5.20. The molecule has 1 atom stereocenters. The van der Waals surface area contributed by atoms with Crippen molar-refractivity contribution in [2.24, 2.45) is 5.92 Å². The van der Waals surface area contributed by atoms with Crippen LogP contribution in [0.15, 0.2) is 47.4 Å². The molecule has 2 aromatic rings. The van der Waals surface area contributed by atoms with Gasteiger partial charge in [-0.15, -0.1) is 11.8 Å². The lowest BCUT2D eigenvalue weighted by Gasteiger charge is -2.27. The van der Waals surface area contributed by atoms with Crippen LogP contribution in [-0.4, -0.2) is 18.3 Å². The van der Waals surface area contributed by atoms with Crippen LogP contribution >= 0.6 is 11.8 Å². The van der Waals surface area contributed by atoms with Gasteiger partial charge in [-0.25, -0.2) is 4.79 Å². The molecule has 0 aromatic heterocycles. The number of rotatable bonds is 4. The topological polar surface area (TPSA) is 26.3 Å². The van der Waals surface area contributed by atoms with E-state index in [-0.39, 0.29) is 11.4 Å². The molecule has 28 heavy (non-hydrogen) atoms. The van der Waals surface area contributed by atoms with Gasteiger partial charge in [0.1, 0.15) is 0 Å². The summed E-state index contributed by atoms with van der Waals surface area (Å²) < 4.78 is 5.05. The molecule has 0 aliphatic carbocycles. The van der Waals surface area contributed by atoms with Gasteiger partial charge in [0.15, 0.2) is 0 Å². The van der Waals surface area contributed by atoms with Gasteiger partial charge in [-0.1, -0.05) is 45.0 Å². The number of esters is 1. The van der Waals surface area contributed by atoms with Crippen molar-refractivity contribution in [3.63, 3.8) is 0 Å². The van der Waals surface area contributed by atoms with Crippen LogP contribution in [-0.2, 0) is 10.2 Å². The summed E-state index contributed by atoms with van der Waals surface area (Å²) in [6, 6.07) is 14.5. The van der Waals surface area contributed by atoms with Crippen molar-refractivity contribution in [1.29, 1.82) is 0 Å². The predicted octanol–water partition coefficient (Wildman–Crippen LogP) is 6.83. The molecule has 2 aromatic carbocycles. The van der Waals surface area contributed by atoms with Crippen molar-refractivity contribution in [3.8, 4) is 0 Å². The molecule has 0 saturated heterocycles. The van der Waals surface area contributed by atoms with Crippen molar-refractivity contribution >= 4 is 29.4 Å². The van der Waals surface area contributed by atoms with Gasteiger partial charge < -0.3 is 4.74 Å². The lowest BCUT2D eigenvalue weighted by Crippen LogP contribution is -2.20. The van der Waals surface area contributed by atoms with Gasteiger partial charge in [0.05, 0.1) is 12.2 Å². The maximum atomic E-state index is 11.8. The van der Waals surface area contributed by atoms with E-state index < -0.39 is 0 Å². The molecule has 0 fully saturated rings. The smallest absolute Gasteiger partial charge is 0.338 e. The van der Waals surface area contributed by atoms with Gasteiger partial charge in [0.25, 0.3) is 0 Å². The Morgan fingerprint density at radius 1 is 1.18 bits per heavy atom. The summed E-state index contributed by atoms with van der Waals surface area (Å²) in [6.45, 7) is 11.5. The van der Waals surface area contributed by atoms with E-state index in [9.17, 15) is 4.79 Å². The predicted molar refractivity (Wildman–Crippen MR) is 120 cm³/mol. The van der Waals surface area contributed by atoms with Crippen LogP contribution < -0.4 is 0 Å². The van der Waals surface area contributed by atoms with E-state index in [4.69, 9.17) is 4.74 Å². The molecule has 3 heteroatoms. The number of allylic oxidation sites excluding steroid dienone is 1. The number of carbonyl (C=O) groups is 1. The van der Waals surface area contributed by atoms with Gasteiger partial charge in [-0.3, -0.25) is 0 Å². The average Bonchev–Trinajstić information content (AvgIpc) is 2.77. The second-order valence-electron chi connectivity index (χ2n) is 8.38. The summed E-state index contributed by atoms with van der Waals surface area (Å²) in [5, 5.41) is 0. The number of fused-ring (bicyclic) bond motifs is 1. The van der Waals surface area contributed by atoms with E-state index >= 15 is 0 Å². The van der Waals surface area contributed by atoms with Gasteiger partial charge in [0.2, 0.25) is 0 Å². The summed E-state index contributed by atoms with van der Waals surface area (Å²) in [5.41, 5.74) is 5.82. The monoisotopic (exact) mass is 394 g/mol. The number of thioether (sulfide) groups is 1. The number of ether oxygens (including phenoxy) is 1. The second kappa shape index (κ2) is 8.57. The number of benzene rings is 2. The normalized spacial score (nSPS) is 18.9. The largest absolute Gasteiger partial charge is 0.462 e. The Labute approximate surface area is 173 Å². The van der Waals surface area contributed by atoms with Crippen LogP contribution in [0.25, 0.3) is 11.6 Å². The third-order valence-electron chi connectivity index (χ3n) is 5.35. The Morgan fingerprint density at radius 2 is 1.86 bits per heavy atom. The van der Waals surface area contributed by atoms with Crippen LogP contribution in [0.4, 0.5) is 0 Å². The highest BCUT2D eigenvalue weighted by Gasteiger charge is 2.29. The Hall–Kier alpha value is -2.00. The standard InChI is InChI=1S/C25H30O2S/c1-6-27-24(26)20-9-7-19(8-10-20)13-18(3)21-11-12-23-22(14-21)25(4,5)15-17(2)16-28-23/h7-14,17H,6,15-16H2,1-5H3. The molecule has 0 radical (unpaired) electrons. The van der Waals surface area contributed by atoms with Crippen LogP contribution in [0.5, 0.6) is 0 Å². The molecule has 1 heterocycles. The summed E-state index contributed by atoms with van der Waals surface area (Å²) in [6.07, 6.45) is 3.39. The summed E-state index contributed by atoms with van der Waals surface area (Å²) >= 11 is 1.99. The Balaban J connectivity index is 1.87. The molecule has 0 spiro atoms. The van der Waals surface area contributed by atoms with Gasteiger partial charge in [-0.05, 0) is 78.1 Å². The van der Waals surface area contributed by atoms with Gasteiger partial charge in [-0.2, -0.15) is 0 Å². The van der Waals surface area contributed by atoms with E-state index in [1.807, 2.05) is 43.0 Å². The zero-order chi connectivity index (χ0) is 20.3. The minimum absolute atomic E-state index is 0.190. The van der Waals surface area contributed by atoms with Crippen molar-refractivity contribution in [1.82, 2.24) is 0 Å². The van der Waals surface area contributed by atoms with Crippen molar-refractivity contribution in [3.05, 3.63) is 64.7 Å². The molecule has 0 saturated carbocycles. The number of carbonyl (C=O) groups excluding carboxylic acids is 1. The molecular weight excluding hydrogens is 364 g/mol. The number of hydrogen-bond donors (Lipinski definition) is 0. The van der Waals surface area contributed by atoms with Crippen LogP contribution in [0.2, 0.25) is 0 Å². The van der Waals surface area contributed by atoms with Gasteiger partial charge in [0, 0.05) is 10.6 Å². The van der Waals surface area contributed by atoms with Crippen LogP contribution in [0, 0.1) is 5.92 Å². The summed E-state index contributed by atoms with van der Waals surface area (Å²) in [4.78, 5) is 13.2. The van der Waals surface area contributed by atoms with Crippen LogP contribution in [0.1, 0.15) is 68.1 Å². The molecule has 148 valence electrons. The minimum Gasteiger partial charge on any atom is -0.462 e.